The molecule has 4 rings (SSSR count). The number of carbonyl (C=O) groups excluding carboxylic acids is 2. The normalized spacial score (nSPS) is 22.2. The smallest absolute Gasteiger partial charge is 0.406 e. The van der Waals surface area contributed by atoms with Crippen LogP contribution in [0.3, 0.4) is 0 Å². The zero-order chi connectivity index (χ0) is 24.3. The van der Waals surface area contributed by atoms with Gasteiger partial charge in [0.15, 0.2) is 0 Å². The highest BCUT2D eigenvalue weighted by Crippen LogP contribution is 2.49. The van der Waals surface area contributed by atoms with Crippen LogP contribution in [0.2, 0.25) is 0 Å². The highest BCUT2D eigenvalue weighted by molar-refractivity contribution is 5.95. The third kappa shape index (κ3) is 6.03. The molecule has 0 aromatic heterocycles. The Kier molecular flexibility index (Phi) is 7.40. The number of rotatable bonds is 7. The standard InChI is InChI=1S/C25H34F3N3O3/c26-25(27,28)34-20-8-6-18(7-9-20)24(12-13-24)23(33)30-21(16-17-4-2-1-3-5-17)22(32)31-14-10-19(29)11-15-31/h6-9,17,19,21H,1-5,10-16,29H2,(H,30,33)/t21-/m0/s1. The molecule has 1 atom stereocenters. The molecule has 1 aliphatic heterocycles. The van der Waals surface area contributed by atoms with Crippen LogP contribution in [-0.4, -0.2) is 48.2 Å². The van der Waals surface area contributed by atoms with Gasteiger partial charge < -0.3 is 20.7 Å². The summed E-state index contributed by atoms with van der Waals surface area (Å²) in [5.74, 6) is -0.180. The third-order valence-electron chi connectivity index (χ3n) is 7.57. The molecule has 0 radical (unpaired) electrons. The minimum Gasteiger partial charge on any atom is -0.406 e. The van der Waals surface area contributed by atoms with E-state index in [0.29, 0.717) is 43.8 Å². The van der Waals surface area contributed by atoms with Crippen molar-refractivity contribution in [2.45, 2.75) is 88.1 Å². The molecule has 0 bridgehead atoms. The van der Waals surface area contributed by atoms with Crippen LogP contribution in [-0.2, 0) is 15.0 Å². The summed E-state index contributed by atoms with van der Waals surface area (Å²) in [4.78, 5) is 28.7. The number of ether oxygens (including phenoxy) is 1. The second-order valence-electron chi connectivity index (χ2n) is 10.1. The Balaban J connectivity index is 1.46. The van der Waals surface area contributed by atoms with E-state index in [9.17, 15) is 22.8 Å². The van der Waals surface area contributed by atoms with E-state index in [1.807, 2.05) is 4.90 Å². The Labute approximate surface area is 198 Å². The number of halogens is 3. The number of nitrogens with zero attached hydrogens (tertiary/aromatic N) is 1. The van der Waals surface area contributed by atoms with Crippen LogP contribution >= 0.6 is 0 Å². The molecule has 1 saturated heterocycles. The second kappa shape index (κ2) is 10.1. The number of likely N-dealkylation sites (tertiary alicyclic amines) is 1. The summed E-state index contributed by atoms with van der Waals surface area (Å²) in [5.41, 5.74) is 5.84. The molecule has 2 amide bonds. The van der Waals surface area contributed by atoms with Crippen molar-refractivity contribution in [1.82, 2.24) is 10.2 Å². The molecular weight excluding hydrogens is 447 g/mol. The summed E-state index contributed by atoms with van der Waals surface area (Å²) < 4.78 is 41.4. The minimum absolute atomic E-state index is 0.0458. The number of hydrogen-bond acceptors (Lipinski definition) is 4. The maximum absolute atomic E-state index is 13.4. The maximum Gasteiger partial charge on any atom is 0.573 e. The lowest BCUT2D eigenvalue weighted by Crippen LogP contribution is -2.54. The van der Waals surface area contributed by atoms with Gasteiger partial charge in [-0.2, -0.15) is 0 Å². The van der Waals surface area contributed by atoms with Crippen LogP contribution in [0, 0.1) is 5.92 Å². The Morgan fingerprint density at radius 2 is 1.68 bits per heavy atom. The van der Waals surface area contributed by atoms with Gasteiger partial charge in [0.05, 0.1) is 5.41 Å². The van der Waals surface area contributed by atoms with Crippen molar-refractivity contribution < 1.29 is 27.5 Å². The van der Waals surface area contributed by atoms with Crippen LogP contribution in [0.1, 0.15) is 69.8 Å². The van der Waals surface area contributed by atoms with E-state index >= 15 is 0 Å². The number of alkyl halides is 3. The van der Waals surface area contributed by atoms with E-state index in [4.69, 9.17) is 5.73 Å². The zero-order valence-electron chi connectivity index (χ0n) is 19.4. The largest absolute Gasteiger partial charge is 0.573 e. The molecule has 2 saturated carbocycles. The average molecular weight is 482 g/mol. The molecule has 2 aliphatic carbocycles. The van der Waals surface area contributed by atoms with E-state index in [1.165, 1.54) is 30.7 Å². The molecule has 1 heterocycles. The van der Waals surface area contributed by atoms with Crippen LogP contribution < -0.4 is 15.8 Å². The predicted molar refractivity (Wildman–Crippen MR) is 121 cm³/mol. The lowest BCUT2D eigenvalue weighted by Gasteiger charge is -2.35. The van der Waals surface area contributed by atoms with Gasteiger partial charge in [-0.3, -0.25) is 9.59 Å². The highest BCUT2D eigenvalue weighted by Gasteiger charge is 2.52. The molecule has 3 fully saturated rings. The molecule has 1 aromatic carbocycles. The number of nitrogens with one attached hydrogen (secondary N) is 1. The second-order valence-corrected chi connectivity index (χ2v) is 10.1. The van der Waals surface area contributed by atoms with Gasteiger partial charge in [0.1, 0.15) is 11.8 Å². The summed E-state index contributed by atoms with van der Waals surface area (Å²) in [6, 6.07) is 5.01. The van der Waals surface area contributed by atoms with Gasteiger partial charge in [0.25, 0.3) is 0 Å². The number of nitrogens with two attached hydrogens (primary N) is 1. The van der Waals surface area contributed by atoms with Crippen molar-refractivity contribution >= 4 is 11.8 Å². The summed E-state index contributed by atoms with van der Waals surface area (Å²) in [7, 11) is 0. The number of amides is 2. The highest BCUT2D eigenvalue weighted by atomic mass is 19.4. The van der Waals surface area contributed by atoms with E-state index in [2.05, 4.69) is 10.1 Å². The first-order valence-corrected chi connectivity index (χ1v) is 12.4. The van der Waals surface area contributed by atoms with Crippen molar-refractivity contribution in [1.29, 1.82) is 0 Å². The molecule has 188 valence electrons. The summed E-state index contributed by atoms with van der Waals surface area (Å²) in [6.45, 7) is 1.20. The first-order valence-electron chi connectivity index (χ1n) is 12.4. The van der Waals surface area contributed by atoms with Crippen molar-refractivity contribution in [3.05, 3.63) is 29.8 Å². The Morgan fingerprint density at radius 1 is 1.06 bits per heavy atom. The van der Waals surface area contributed by atoms with Crippen molar-refractivity contribution in [3.63, 3.8) is 0 Å². The predicted octanol–water partition coefficient (Wildman–Crippen LogP) is 4.02. The fraction of sp³-hybridized carbons (Fsp3) is 0.680. The third-order valence-corrected chi connectivity index (χ3v) is 7.57. The average Bonchev–Trinajstić information content (AvgIpc) is 3.61. The summed E-state index contributed by atoms with van der Waals surface area (Å²) in [5, 5.41) is 3.05. The topological polar surface area (TPSA) is 84.7 Å². The number of carbonyl (C=O) groups is 2. The SMILES string of the molecule is NC1CCN(C(=O)[C@H](CC2CCCCC2)NC(=O)C2(c3ccc(OC(F)(F)F)cc3)CC2)CC1. The van der Waals surface area contributed by atoms with Gasteiger partial charge in [-0.25, -0.2) is 0 Å². The Bertz CT molecular complexity index is 856. The lowest BCUT2D eigenvalue weighted by atomic mass is 9.84. The van der Waals surface area contributed by atoms with Gasteiger partial charge >= 0.3 is 6.36 Å². The van der Waals surface area contributed by atoms with Gasteiger partial charge in [0, 0.05) is 19.1 Å². The van der Waals surface area contributed by atoms with Crippen LogP contribution in [0.4, 0.5) is 13.2 Å². The van der Waals surface area contributed by atoms with Crippen LogP contribution in [0.25, 0.3) is 0 Å². The van der Waals surface area contributed by atoms with E-state index in [1.54, 1.807) is 0 Å². The number of hydrogen-bond donors (Lipinski definition) is 2. The Morgan fingerprint density at radius 3 is 2.24 bits per heavy atom. The number of piperidine rings is 1. The van der Waals surface area contributed by atoms with Crippen molar-refractivity contribution in [2.24, 2.45) is 11.7 Å². The molecule has 34 heavy (non-hydrogen) atoms. The van der Waals surface area contributed by atoms with Crippen LogP contribution in [0.5, 0.6) is 5.75 Å². The van der Waals surface area contributed by atoms with E-state index < -0.39 is 17.8 Å². The molecule has 0 unspecified atom stereocenters. The molecule has 3 N–H and O–H groups in total. The fourth-order valence-electron chi connectivity index (χ4n) is 5.36. The molecule has 3 aliphatic rings. The van der Waals surface area contributed by atoms with Gasteiger partial charge in [0.2, 0.25) is 11.8 Å². The molecule has 9 heteroatoms. The van der Waals surface area contributed by atoms with E-state index in [0.717, 1.165) is 38.5 Å². The zero-order valence-corrected chi connectivity index (χ0v) is 19.4. The van der Waals surface area contributed by atoms with Gasteiger partial charge in [-0.1, -0.05) is 44.2 Å². The van der Waals surface area contributed by atoms with Gasteiger partial charge in [-0.05, 0) is 55.7 Å². The fourth-order valence-corrected chi connectivity index (χ4v) is 5.36. The van der Waals surface area contributed by atoms with E-state index in [-0.39, 0.29) is 23.6 Å². The molecule has 0 spiro atoms. The number of benzene rings is 1. The minimum atomic E-state index is -4.76. The lowest BCUT2D eigenvalue weighted by molar-refractivity contribution is -0.274. The van der Waals surface area contributed by atoms with Crippen LogP contribution in [0.15, 0.2) is 24.3 Å². The molecule has 1 aromatic rings. The quantitative estimate of drug-likeness (QED) is 0.616. The molecule has 6 nitrogen and oxygen atoms in total. The monoisotopic (exact) mass is 481 g/mol. The van der Waals surface area contributed by atoms with Crippen molar-refractivity contribution in [3.8, 4) is 5.75 Å². The summed E-state index contributed by atoms with van der Waals surface area (Å²) in [6.07, 6.45) is 4.21. The first kappa shape index (κ1) is 24.8. The first-order chi connectivity index (χ1) is 16.2. The van der Waals surface area contributed by atoms with Crippen molar-refractivity contribution in [2.75, 3.05) is 13.1 Å². The Hall–Kier alpha value is -2.29. The van der Waals surface area contributed by atoms with Gasteiger partial charge in [-0.15, -0.1) is 13.2 Å². The summed E-state index contributed by atoms with van der Waals surface area (Å²) >= 11 is 0. The maximum atomic E-state index is 13.4. The molecular formula is C25H34F3N3O3.